The van der Waals surface area contributed by atoms with Crippen LogP contribution in [0.4, 0.5) is 17.6 Å². The van der Waals surface area contributed by atoms with Crippen molar-refractivity contribution < 1.29 is 26.0 Å². The molecule has 1 aromatic rings. The van der Waals surface area contributed by atoms with Gasteiger partial charge >= 0.3 is 6.18 Å². The van der Waals surface area contributed by atoms with Gasteiger partial charge in [0, 0.05) is 43.3 Å². The molecule has 0 saturated carbocycles. The monoisotopic (exact) mass is 484 g/mol. The number of sulfonamides is 1. The van der Waals surface area contributed by atoms with Gasteiger partial charge in [-0.1, -0.05) is 6.92 Å². The van der Waals surface area contributed by atoms with E-state index in [1.807, 2.05) is 6.92 Å². The fraction of sp³-hybridized carbons (Fsp3) is 0.579. The van der Waals surface area contributed by atoms with Crippen LogP contribution in [0, 0.1) is 5.82 Å². The van der Waals surface area contributed by atoms with Gasteiger partial charge in [-0.05, 0) is 44.0 Å². The molecule has 0 radical (unpaired) electrons. The zero-order chi connectivity index (χ0) is 23.1. The van der Waals surface area contributed by atoms with Gasteiger partial charge in [-0.25, -0.2) is 12.8 Å². The Balaban J connectivity index is 1.92. The zero-order valence-electron chi connectivity index (χ0n) is 17.2. The van der Waals surface area contributed by atoms with Crippen LogP contribution in [-0.2, 0) is 16.6 Å². The van der Waals surface area contributed by atoms with E-state index in [9.17, 15) is 26.0 Å². The lowest BCUT2D eigenvalue weighted by Gasteiger charge is -2.31. The van der Waals surface area contributed by atoms with Crippen molar-refractivity contribution in [2.24, 2.45) is 5.73 Å². The van der Waals surface area contributed by atoms with Crippen molar-refractivity contribution >= 4 is 21.8 Å². The van der Waals surface area contributed by atoms with E-state index in [2.05, 4.69) is 10.6 Å². The largest absolute Gasteiger partial charge is 0.423 e. The molecular weight excluding hydrogens is 456 g/mol. The van der Waals surface area contributed by atoms with Crippen molar-refractivity contribution in [1.29, 1.82) is 0 Å². The maximum absolute atomic E-state index is 14.0. The van der Waals surface area contributed by atoms with Crippen LogP contribution in [0.25, 0.3) is 0 Å². The van der Waals surface area contributed by atoms with E-state index in [1.165, 1.54) is 16.4 Å². The van der Waals surface area contributed by atoms with E-state index < -0.39 is 26.9 Å². The van der Waals surface area contributed by atoms with E-state index >= 15 is 0 Å². The van der Waals surface area contributed by atoms with Gasteiger partial charge in [0.05, 0.1) is 4.90 Å². The second-order valence-corrected chi connectivity index (χ2v) is 10.1. The third-order valence-electron chi connectivity index (χ3n) is 4.88. The molecule has 12 heteroatoms. The van der Waals surface area contributed by atoms with Crippen molar-refractivity contribution in [2.45, 2.75) is 49.8 Å². The quantitative estimate of drug-likeness (QED) is 0.269. The van der Waals surface area contributed by atoms with Gasteiger partial charge < -0.3 is 16.4 Å². The molecule has 1 aliphatic rings. The number of nitrogens with two attached hydrogens (primary N) is 1. The van der Waals surface area contributed by atoms with Crippen LogP contribution in [0.3, 0.4) is 0 Å². The predicted molar refractivity (Wildman–Crippen MR) is 114 cm³/mol. The molecule has 0 aromatic heterocycles. The maximum Gasteiger partial charge on any atom is 0.423 e. The zero-order valence-corrected chi connectivity index (χ0v) is 18.8. The number of allylic oxidation sites excluding steroid dienone is 1. The minimum atomic E-state index is -4.49. The molecule has 0 bridgehead atoms. The number of alkyl halides is 3. The SMILES string of the molecule is CCCNCc1cc(S(=O)(=O)N2CCC(NCS/C(=C\N)C(F)(F)F)CC2)ccc1F. The number of nitrogens with one attached hydrogen (secondary N) is 2. The van der Waals surface area contributed by atoms with Crippen molar-refractivity contribution in [2.75, 3.05) is 25.5 Å². The fourth-order valence-electron chi connectivity index (χ4n) is 3.16. The number of thioether (sulfide) groups is 1. The number of piperidine rings is 1. The molecule has 0 aliphatic carbocycles. The van der Waals surface area contributed by atoms with E-state index in [-0.39, 0.29) is 42.0 Å². The van der Waals surface area contributed by atoms with Crippen LogP contribution in [0.5, 0.6) is 0 Å². The minimum Gasteiger partial charge on any atom is -0.404 e. The highest BCUT2D eigenvalue weighted by atomic mass is 32.2. The maximum atomic E-state index is 14.0. The van der Waals surface area contributed by atoms with Crippen molar-refractivity contribution in [3.63, 3.8) is 0 Å². The van der Waals surface area contributed by atoms with Crippen molar-refractivity contribution in [3.05, 3.63) is 40.7 Å². The molecule has 6 nitrogen and oxygen atoms in total. The predicted octanol–water partition coefficient (Wildman–Crippen LogP) is 3.12. The Bertz CT molecular complexity index is 855. The van der Waals surface area contributed by atoms with Gasteiger partial charge in [-0.2, -0.15) is 17.5 Å². The average Bonchev–Trinajstić information content (AvgIpc) is 2.72. The highest BCUT2D eigenvalue weighted by Crippen LogP contribution is 2.33. The first-order valence-electron chi connectivity index (χ1n) is 9.94. The summed E-state index contributed by atoms with van der Waals surface area (Å²) in [7, 11) is -3.78. The molecule has 1 aliphatic heterocycles. The van der Waals surface area contributed by atoms with Gasteiger partial charge in [0.25, 0.3) is 0 Å². The van der Waals surface area contributed by atoms with Crippen molar-refractivity contribution in [1.82, 2.24) is 14.9 Å². The molecule has 0 spiro atoms. The number of hydrogen-bond donors (Lipinski definition) is 3. The van der Waals surface area contributed by atoms with Crippen LogP contribution < -0.4 is 16.4 Å². The Hall–Kier alpha value is -1.34. The molecule has 1 saturated heterocycles. The third-order valence-corrected chi connectivity index (χ3v) is 7.77. The van der Waals surface area contributed by atoms with E-state index in [1.54, 1.807) is 0 Å². The summed E-state index contributed by atoms with van der Waals surface area (Å²) in [5.41, 5.74) is 5.31. The van der Waals surface area contributed by atoms with Crippen LogP contribution in [0.2, 0.25) is 0 Å². The van der Waals surface area contributed by atoms with E-state index in [4.69, 9.17) is 5.73 Å². The fourth-order valence-corrected chi connectivity index (χ4v) is 5.41. The molecule has 4 N–H and O–H groups in total. The summed E-state index contributed by atoms with van der Waals surface area (Å²) in [6.45, 7) is 3.37. The average molecular weight is 485 g/mol. The molecule has 1 aromatic carbocycles. The molecule has 0 amide bonds. The molecule has 31 heavy (non-hydrogen) atoms. The van der Waals surface area contributed by atoms with Gasteiger partial charge in [0.1, 0.15) is 10.7 Å². The van der Waals surface area contributed by atoms with Crippen LogP contribution in [-0.4, -0.2) is 50.5 Å². The molecular formula is C19H28F4N4O2S2. The summed E-state index contributed by atoms with van der Waals surface area (Å²) in [5, 5.41) is 6.06. The first-order valence-corrected chi connectivity index (χ1v) is 12.4. The van der Waals surface area contributed by atoms with E-state index in [0.717, 1.165) is 12.5 Å². The topological polar surface area (TPSA) is 87.5 Å². The smallest absolute Gasteiger partial charge is 0.404 e. The Labute approximate surface area is 184 Å². The summed E-state index contributed by atoms with van der Waals surface area (Å²) >= 11 is 0.563. The number of benzene rings is 1. The van der Waals surface area contributed by atoms with Gasteiger partial charge in [0.15, 0.2) is 0 Å². The number of halogens is 4. The molecule has 1 fully saturated rings. The summed E-state index contributed by atoms with van der Waals surface area (Å²) in [6, 6.07) is 3.66. The van der Waals surface area contributed by atoms with Gasteiger partial charge in [0.2, 0.25) is 10.0 Å². The van der Waals surface area contributed by atoms with Gasteiger partial charge in [-0.3, -0.25) is 0 Å². The molecule has 1 heterocycles. The second-order valence-electron chi connectivity index (χ2n) is 7.13. The Morgan fingerprint density at radius 3 is 2.58 bits per heavy atom. The summed E-state index contributed by atoms with van der Waals surface area (Å²) in [5.74, 6) is -0.445. The third kappa shape index (κ3) is 7.35. The minimum absolute atomic E-state index is 0.0199. The highest BCUT2D eigenvalue weighted by molar-refractivity contribution is 8.03. The van der Waals surface area contributed by atoms with Gasteiger partial charge in [-0.15, -0.1) is 11.8 Å². The Kier molecular flexibility index (Phi) is 9.62. The molecule has 176 valence electrons. The Morgan fingerprint density at radius 1 is 1.32 bits per heavy atom. The first-order chi connectivity index (χ1) is 14.6. The van der Waals surface area contributed by atoms with Crippen LogP contribution >= 0.6 is 11.8 Å². The Morgan fingerprint density at radius 2 is 2.00 bits per heavy atom. The molecule has 2 rings (SSSR count). The van der Waals surface area contributed by atoms with Crippen LogP contribution in [0.1, 0.15) is 31.7 Å². The summed E-state index contributed by atoms with van der Waals surface area (Å²) < 4.78 is 79.3. The first kappa shape index (κ1) is 25.9. The highest BCUT2D eigenvalue weighted by Gasteiger charge is 2.34. The van der Waals surface area contributed by atoms with E-state index in [0.29, 0.717) is 37.3 Å². The molecule has 0 atom stereocenters. The standard InChI is InChI=1S/C19H28F4N4O2S2/c1-2-7-25-12-14-10-16(3-4-17(14)20)31(28,29)27-8-5-15(6-9-27)26-13-30-18(11-24)19(21,22)23/h3-4,10-11,15,25-26H,2,5-9,12-13,24H2,1H3/b18-11-. The number of nitrogens with zero attached hydrogens (tertiary/aromatic N) is 1. The lowest BCUT2D eigenvalue weighted by atomic mass is 10.1. The second kappa shape index (κ2) is 11.5. The van der Waals surface area contributed by atoms with Crippen LogP contribution in [0.15, 0.2) is 34.2 Å². The van der Waals surface area contributed by atoms with Crippen molar-refractivity contribution in [3.8, 4) is 0 Å². The number of hydrogen-bond acceptors (Lipinski definition) is 6. The number of rotatable bonds is 10. The lowest BCUT2D eigenvalue weighted by molar-refractivity contribution is -0.0837. The summed E-state index contributed by atoms with van der Waals surface area (Å²) in [6.07, 6.45) is -2.16. The molecule has 0 unspecified atom stereocenters. The lowest BCUT2D eigenvalue weighted by Crippen LogP contribution is -2.44. The summed E-state index contributed by atoms with van der Waals surface area (Å²) in [4.78, 5) is -0.840. The normalized spacial score (nSPS) is 17.3.